The van der Waals surface area contributed by atoms with E-state index in [4.69, 9.17) is 9.15 Å². The van der Waals surface area contributed by atoms with Crippen LogP contribution < -0.4 is 32.1 Å². The topological polar surface area (TPSA) is 22.4 Å². The van der Waals surface area contributed by atoms with E-state index in [1.807, 2.05) is 12.1 Å². The smallest absolute Gasteiger partial charge is 0.146 e. The van der Waals surface area contributed by atoms with E-state index in [2.05, 4.69) is 63.5 Å². The number of benzene rings is 3. The van der Waals surface area contributed by atoms with Gasteiger partial charge in [0.05, 0.1) is 12.7 Å². The molecular formula is C19H19B5O2. The van der Waals surface area contributed by atoms with Crippen LogP contribution in [-0.4, -0.2) is 46.3 Å². The standard InChI is InChI=1S/C19H19B5O2/c1-25-11-7-6-9-8-4-2-3-5-10(8)26-19(9)12(11)13-14(20)16(22)18(24)17(23)15(13)21/h2-7H,20-24H2,1H3. The average Bonchev–Trinajstić information content (AvgIpc) is 3.04. The lowest BCUT2D eigenvalue weighted by Gasteiger charge is -2.21. The summed E-state index contributed by atoms with van der Waals surface area (Å²) in [7, 11) is 12.7. The van der Waals surface area contributed by atoms with Crippen molar-refractivity contribution >= 4 is 88.5 Å². The summed E-state index contributed by atoms with van der Waals surface area (Å²) < 4.78 is 12.1. The molecule has 0 spiro atoms. The molecule has 7 heteroatoms. The SMILES string of the molecule is Bc1c(B)c(B)c(-c2c(OC)ccc3c2oc2ccccc23)c(B)c1B. The maximum absolute atomic E-state index is 6.32. The Labute approximate surface area is 158 Å². The first-order valence-corrected chi connectivity index (χ1v) is 9.01. The predicted molar refractivity (Wildman–Crippen MR) is 127 cm³/mol. The molecule has 1 heterocycles. The number of hydrogen-bond donors (Lipinski definition) is 0. The number of ether oxygens (including phenoxy) is 1. The van der Waals surface area contributed by atoms with Gasteiger partial charge in [0, 0.05) is 10.8 Å². The number of methoxy groups -OCH3 is 1. The van der Waals surface area contributed by atoms with Gasteiger partial charge in [-0.2, -0.15) is 0 Å². The third-order valence-electron chi connectivity index (χ3n) is 5.98. The van der Waals surface area contributed by atoms with Crippen LogP contribution in [0.25, 0.3) is 33.1 Å². The summed E-state index contributed by atoms with van der Waals surface area (Å²) in [6, 6.07) is 12.4. The van der Waals surface area contributed by atoms with Gasteiger partial charge in [0.15, 0.2) is 0 Å². The summed E-state index contributed by atoms with van der Waals surface area (Å²) in [6.07, 6.45) is 0. The van der Waals surface area contributed by atoms with Crippen LogP contribution in [0.1, 0.15) is 0 Å². The Kier molecular flexibility index (Phi) is 3.98. The van der Waals surface area contributed by atoms with Gasteiger partial charge in [0.1, 0.15) is 56.1 Å². The molecule has 0 unspecified atom stereocenters. The monoisotopic (exact) mass is 334 g/mol. The highest BCUT2D eigenvalue weighted by Gasteiger charge is 2.21. The molecule has 0 atom stereocenters. The van der Waals surface area contributed by atoms with Crippen LogP contribution in [0.2, 0.25) is 0 Å². The van der Waals surface area contributed by atoms with Gasteiger partial charge in [-0.3, -0.25) is 0 Å². The fraction of sp³-hybridized carbons (Fsp3) is 0.0526. The van der Waals surface area contributed by atoms with Gasteiger partial charge in [0.25, 0.3) is 0 Å². The van der Waals surface area contributed by atoms with Gasteiger partial charge in [-0.25, -0.2) is 0 Å². The second-order valence-electron chi connectivity index (χ2n) is 7.12. The highest BCUT2D eigenvalue weighted by Crippen LogP contribution is 2.39. The van der Waals surface area contributed by atoms with Gasteiger partial charge in [-0.05, 0) is 23.8 Å². The molecule has 26 heavy (non-hydrogen) atoms. The molecule has 2 nitrogen and oxygen atoms in total. The van der Waals surface area contributed by atoms with E-state index in [-0.39, 0.29) is 0 Å². The molecule has 4 aromatic rings. The molecule has 0 saturated carbocycles. The van der Waals surface area contributed by atoms with Crippen molar-refractivity contribution in [2.45, 2.75) is 0 Å². The molecule has 122 valence electrons. The second kappa shape index (κ2) is 6.08. The maximum atomic E-state index is 6.32. The zero-order chi connectivity index (χ0) is 18.6. The summed E-state index contributed by atoms with van der Waals surface area (Å²) >= 11 is 0. The summed E-state index contributed by atoms with van der Waals surface area (Å²) in [5.74, 6) is 0.852. The van der Waals surface area contributed by atoms with Gasteiger partial charge in [-0.15, -0.1) is 16.4 Å². The van der Waals surface area contributed by atoms with Crippen molar-refractivity contribution in [1.29, 1.82) is 0 Å². The van der Waals surface area contributed by atoms with E-state index in [9.17, 15) is 0 Å². The van der Waals surface area contributed by atoms with Crippen molar-refractivity contribution in [1.82, 2.24) is 0 Å². The first-order valence-electron chi connectivity index (χ1n) is 9.01. The van der Waals surface area contributed by atoms with Crippen LogP contribution in [0, 0.1) is 0 Å². The van der Waals surface area contributed by atoms with E-state index >= 15 is 0 Å². The Morgan fingerprint density at radius 3 is 1.96 bits per heavy atom. The lowest BCUT2D eigenvalue weighted by molar-refractivity contribution is 0.416. The summed E-state index contributed by atoms with van der Waals surface area (Å²) in [5.41, 5.74) is 10.7. The van der Waals surface area contributed by atoms with E-state index < -0.39 is 0 Å². The Morgan fingerprint density at radius 1 is 0.692 bits per heavy atom. The maximum Gasteiger partial charge on any atom is 0.146 e. The number of hydrogen-bond acceptors (Lipinski definition) is 2. The third-order valence-corrected chi connectivity index (χ3v) is 5.98. The molecule has 0 N–H and O–H groups in total. The van der Waals surface area contributed by atoms with Crippen LogP contribution in [-0.2, 0) is 0 Å². The van der Waals surface area contributed by atoms with E-state index in [1.54, 1.807) is 7.11 Å². The molecule has 0 radical (unpaired) electrons. The van der Waals surface area contributed by atoms with E-state index in [0.717, 1.165) is 33.3 Å². The molecular weight excluding hydrogens is 314 g/mol. The van der Waals surface area contributed by atoms with Crippen molar-refractivity contribution in [3.05, 3.63) is 36.4 Å². The molecule has 3 aromatic carbocycles. The molecule has 1 aromatic heterocycles. The van der Waals surface area contributed by atoms with Gasteiger partial charge < -0.3 is 9.15 Å². The molecule has 0 saturated heterocycles. The number of para-hydroxylation sites is 1. The van der Waals surface area contributed by atoms with Crippen molar-refractivity contribution in [2.75, 3.05) is 7.11 Å². The van der Waals surface area contributed by atoms with E-state index in [1.165, 1.54) is 32.9 Å². The Bertz CT molecular complexity index is 1150. The molecule has 0 bridgehead atoms. The molecule has 0 aliphatic rings. The number of furan rings is 1. The van der Waals surface area contributed by atoms with Crippen molar-refractivity contribution in [3.63, 3.8) is 0 Å². The molecule has 0 aliphatic carbocycles. The normalized spacial score (nSPS) is 11.3. The van der Waals surface area contributed by atoms with Crippen LogP contribution in [0.15, 0.2) is 40.8 Å². The highest BCUT2D eigenvalue weighted by molar-refractivity contribution is 6.68. The zero-order valence-electron chi connectivity index (χ0n) is 16.3. The average molecular weight is 333 g/mol. The minimum Gasteiger partial charge on any atom is -0.496 e. The lowest BCUT2D eigenvalue weighted by Crippen LogP contribution is -2.55. The first-order chi connectivity index (χ1) is 12.5. The van der Waals surface area contributed by atoms with Crippen LogP contribution in [0.5, 0.6) is 5.75 Å². The predicted octanol–water partition coefficient (Wildman–Crippen LogP) is -3.45. The first kappa shape index (κ1) is 17.0. The second-order valence-corrected chi connectivity index (χ2v) is 7.12. The van der Waals surface area contributed by atoms with Crippen molar-refractivity contribution in [3.8, 4) is 16.9 Å². The fourth-order valence-corrected chi connectivity index (χ4v) is 4.05. The Morgan fingerprint density at radius 2 is 1.31 bits per heavy atom. The van der Waals surface area contributed by atoms with Crippen LogP contribution >= 0.6 is 0 Å². The van der Waals surface area contributed by atoms with Gasteiger partial charge >= 0.3 is 0 Å². The van der Waals surface area contributed by atoms with E-state index in [0.29, 0.717) is 0 Å². The summed E-state index contributed by atoms with van der Waals surface area (Å²) in [5, 5.41) is 2.27. The Hall–Kier alpha value is -2.42. The highest BCUT2D eigenvalue weighted by atomic mass is 16.5. The third kappa shape index (κ3) is 2.26. The lowest BCUT2D eigenvalue weighted by atomic mass is 9.59. The van der Waals surface area contributed by atoms with Crippen molar-refractivity contribution in [2.24, 2.45) is 0 Å². The minimum atomic E-state index is 0.852. The molecule has 4 rings (SSSR count). The van der Waals surface area contributed by atoms with Crippen LogP contribution in [0.4, 0.5) is 0 Å². The molecule has 0 fully saturated rings. The molecule has 0 aliphatic heterocycles. The zero-order valence-corrected chi connectivity index (χ0v) is 16.3. The quantitative estimate of drug-likeness (QED) is 0.356. The summed E-state index contributed by atoms with van der Waals surface area (Å²) in [6.45, 7) is 0. The summed E-state index contributed by atoms with van der Waals surface area (Å²) in [4.78, 5) is 0. The largest absolute Gasteiger partial charge is 0.496 e. The van der Waals surface area contributed by atoms with Gasteiger partial charge in [0.2, 0.25) is 0 Å². The minimum absolute atomic E-state index is 0.852. The van der Waals surface area contributed by atoms with Crippen molar-refractivity contribution < 1.29 is 9.15 Å². The number of fused-ring (bicyclic) bond motifs is 3. The van der Waals surface area contributed by atoms with Crippen LogP contribution in [0.3, 0.4) is 0 Å². The number of rotatable bonds is 2. The van der Waals surface area contributed by atoms with Gasteiger partial charge in [-0.1, -0.05) is 29.1 Å². The fourth-order valence-electron chi connectivity index (χ4n) is 4.05. The molecule has 0 amide bonds. The Balaban J connectivity index is 2.22.